The van der Waals surface area contributed by atoms with Crippen LogP contribution in [0.3, 0.4) is 0 Å². The van der Waals surface area contributed by atoms with E-state index in [1.54, 1.807) is 0 Å². The highest BCUT2D eigenvalue weighted by molar-refractivity contribution is 7.07. The smallest absolute Gasteiger partial charge is 0.267 e. The number of hydrogen-bond acceptors (Lipinski definition) is 5. The molecule has 2 rings (SSSR count). The second kappa shape index (κ2) is 4.02. The molecule has 1 saturated heterocycles. The van der Waals surface area contributed by atoms with Gasteiger partial charge in [0.15, 0.2) is 0 Å². The summed E-state index contributed by atoms with van der Waals surface area (Å²) in [4.78, 5) is 14.4. The molecule has 2 heterocycles. The maximum atomic E-state index is 11.9. The Morgan fingerprint density at radius 3 is 3.29 bits per heavy atom. The molecule has 6 heteroatoms. The van der Waals surface area contributed by atoms with Crippen molar-refractivity contribution in [3.8, 4) is 0 Å². The van der Waals surface area contributed by atoms with Gasteiger partial charge in [0.2, 0.25) is 0 Å². The zero-order valence-corrected chi connectivity index (χ0v) is 8.75. The number of nitrogens with one attached hydrogen (secondary N) is 1. The zero-order valence-electron chi connectivity index (χ0n) is 7.93. The molecule has 0 saturated carbocycles. The van der Waals surface area contributed by atoms with Crippen molar-refractivity contribution in [2.45, 2.75) is 13.0 Å². The lowest BCUT2D eigenvalue weighted by Crippen LogP contribution is -2.52. The molecule has 0 spiro atoms. The van der Waals surface area contributed by atoms with Crippen LogP contribution in [0.5, 0.6) is 0 Å². The normalized spacial score (nSPS) is 22.4. The van der Waals surface area contributed by atoms with E-state index < -0.39 is 0 Å². The fourth-order valence-electron chi connectivity index (χ4n) is 1.55. The van der Waals surface area contributed by atoms with Gasteiger partial charge < -0.3 is 10.2 Å². The van der Waals surface area contributed by atoms with Gasteiger partial charge in [0.1, 0.15) is 4.88 Å². The number of carbonyl (C=O) groups excluding carboxylic acids is 1. The van der Waals surface area contributed by atoms with Gasteiger partial charge in [-0.1, -0.05) is 4.49 Å². The van der Waals surface area contributed by atoms with Crippen molar-refractivity contribution in [3.05, 3.63) is 11.1 Å². The maximum Gasteiger partial charge on any atom is 0.267 e. The van der Waals surface area contributed by atoms with Crippen molar-refractivity contribution in [2.75, 3.05) is 19.6 Å². The molecule has 0 bridgehead atoms. The van der Waals surface area contributed by atoms with Gasteiger partial charge in [-0.25, -0.2) is 0 Å². The lowest BCUT2D eigenvalue weighted by atomic mass is 10.2. The topological polar surface area (TPSA) is 58.1 Å². The molecule has 1 amide bonds. The van der Waals surface area contributed by atoms with E-state index in [1.165, 1.54) is 6.20 Å². The Labute approximate surface area is 86.3 Å². The van der Waals surface area contributed by atoms with Crippen LogP contribution in [0.25, 0.3) is 0 Å². The lowest BCUT2D eigenvalue weighted by molar-refractivity contribution is 0.0660. The molecule has 0 aliphatic carbocycles. The molecule has 14 heavy (non-hydrogen) atoms. The first-order chi connectivity index (χ1) is 6.79. The minimum absolute atomic E-state index is 0.0500. The van der Waals surface area contributed by atoms with Crippen LogP contribution in [0.2, 0.25) is 0 Å². The third-order valence-corrected chi connectivity index (χ3v) is 2.99. The van der Waals surface area contributed by atoms with Gasteiger partial charge in [0, 0.05) is 25.7 Å². The summed E-state index contributed by atoms with van der Waals surface area (Å²) in [5.74, 6) is 0.0500. The molecule has 0 aromatic carbocycles. The standard InChI is InChI=1S/C8H12N4OS/c1-6-4-9-2-3-12(6)8(13)7-5-10-11-14-7/h5-6,9H,2-4H2,1H3/t6-/m0/s1. The fraction of sp³-hybridized carbons (Fsp3) is 0.625. The molecule has 1 atom stereocenters. The van der Waals surface area contributed by atoms with Gasteiger partial charge in [-0.15, -0.1) is 5.10 Å². The average molecular weight is 212 g/mol. The van der Waals surface area contributed by atoms with Crippen LogP contribution < -0.4 is 5.32 Å². The summed E-state index contributed by atoms with van der Waals surface area (Å²) >= 11 is 1.15. The first kappa shape index (κ1) is 9.54. The first-order valence-electron chi connectivity index (χ1n) is 4.58. The Kier molecular flexibility index (Phi) is 2.74. The molecule has 1 fully saturated rings. The van der Waals surface area contributed by atoms with E-state index in [9.17, 15) is 4.79 Å². The van der Waals surface area contributed by atoms with Gasteiger partial charge in [-0.05, 0) is 18.5 Å². The van der Waals surface area contributed by atoms with E-state index in [0.717, 1.165) is 31.2 Å². The molecule has 1 aliphatic rings. The van der Waals surface area contributed by atoms with Gasteiger partial charge >= 0.3 is 0 Å². The van der Waals surface area contributed by atoms with Crippen LogP contribution in [-0.2, 0) is 0 Å². The van der Waals surface area contributed by atoms with Gasteiger partial charge in [0.25, 0.3) is 5.91 Å². The number of nitrogens with zero attached hydrogens (tertiary/aromatic N) is 3. The second-order valence-corrected chi connectivity index (χ2v) is 4.12. The highest BCUT2D eigenvalue weighted by Crippen LogP contribution is 2.11. The molecule has 1 aliphatic heterocycles. The van der Waals surface area contributed by atoms with E-state index in [1.807, 2.05) is 11.8 Å². The number of aromatic nitrogens is 2. The first-order valence-corrected chi connectivity index (χ1v) is 5.35. The third-order valence-electron chi connectivity index (χ3n) is 2.33. The summed E-state index contributed by atoms with van der Waals surface area (Å²) in [5, 5.41) is 6.91. The number of hydrogen-bond donors (Lipinski definition) is 1. The Morgan fingerprint density at radius 1 is 1.79 bits per heavy atom. The summed E-state index contributed by atoms with van der Waals surface area (Å²) in [6.45, 7) is 4.52. The van der Waals surface area contributed by atoms with E-state index >= 15 is 0 Å². The van der Waals surface area contributed by atoms with Gasteiger partial charge in [0.05, 0.1) is 6.20 Å². The maximum absolute atomic E-state index is 11.9. The molecule has 1 aromatic rings. The summed E-state index contributed by atoms with van der Waals surface area (Å²) in [7, 11) is 0. The zero-order chi connectivity index (χ0) is 9.97. The summed E-state index contributed by atoms with van der Waals surface area (Å²) in [6.07, 6.45) is 1.53. The molecule has 76 valence electrons. The van der Waals surface area contributed by atoms with Crippen LogP contribution in [0.15, 0.2) is 6.20 Å². The predicted octanol–water partition coefficient (Wildman–Crippen LogP) is -0.0280. The van der Waals surface area contributed by atoms with Crippen molar-refractivity contribution >= 4 is 17.4 Å². The Morgan fingerprint density at radius 2 is 2.64 bits per heavy atom. The van der Waals surface area contributed by atoms with Crippen LogP contribution in [-0.4, -0.2) is 46.1 Å². The van der Waals surface area contributed by atoms with Crippen molar-refractivity contribution < 1.29 is 4.79 Å². The summed E-state index contributed by atoms with van der Waals surface area (Å²) in [6, 6.07) is 0.248. The van der Waals surface area contributed by atoms with E-state index in [0.29, 0.717) is 4.88 Å². The van der Waals surface area contributed by atoms with Crippen LogP contribution >= 0.6 is 11.5 Å². The molecular weight excluding hydrogens is 200 g/mol. The molecule has 0 unspecified atom stereocenters. The monoisotopic (exact) mass is 212 g/mol. The minimum Gasteiger partial charge on any atom is -0.333 e. The highest BCUT2D eigenvalue weighted by Gasteiger charge is 2.24. The van der Waals surface area contributed by atoms with Crippen molar-refractivity contribution in [2.24, 2.45) is 0 Å². The summed E-state index contributed by atoms with van der Waals surface area (Å²) < 4.78 is 3.69. The van der Waals surface area contributed by atoms with Crippen molar-refractivity contribution in [1.29, 1.82) is 0 Å². The number of amides is 1. The predicted molar refractivity (Wildman–Crippen MR) is 53.3 cm³/mol. The molecule has 1 N–H and O–H groups in total. The number of piperazine rings is 1. The Hall–Kier alpha value is -1.01. The van der Waals surface area contributed by atoms with Crippen molar-refractivity contribution in [1.82, 2.24) is 19.8 Å². The Balaban J connectivity index is 2.10. The molecule has 0 radical (unpaired) electrons. The minimum atomic E-state index is 0.0500. The fourth-order valence-corrected chi connectivity index (χ4v) is 2.02. The average Bonchev–Trinajstić information content (AvgIpc) is 2.70. The third kappa shape index (κ3) is 1.76. The lowest BCUT2D eigenvalue weighted by Gasteiger charge is -2.33. The molecule has 5 nitrogen and oxygen atoms in total. The van der Waals surface area contributed by atoms with Gasteiger partial charge in [-0.3, -0.25) is 4.79 Å². The largest absolute Gasteiger partial charge is 0.333 e. The van der Waals surface area contributed by atoms with Gasteiger partial charge in [-0.2, -0.15) is 0 Å². The number of rotatable bonds is 1. The molecular formula is C8H12N4OS. The SMILES string of the molecule is C[C@H]1CNCCN1C(=O)c1cnns1. The Bertz CT molecular complexity index is 313. The number of carbonyl (C=O) groups is 1. The highest BCUT2D eigenvalue weighted by atomic mass is 32.1. The second-order valence-electron chi connectivity index (χ2n) is 3.33. The van der Waals surface area contributed by atoms with Crippen LogP contribution in [0, 0.1) is 0 Å². The van der Waals surface area contributed by atoms with Crippen LogP contribution in [0.1, 0.15) is 16.6 Å². The van der Waals surface area contributed by atoms with E-state index in [2.05, 4.69) is 14.9 Å². The van der Waals surface area contributed by atoms with E-state index in [4.69, 9.17) is 0 Å². The van der Waals surface area contributed by atoms with Crippen molar-refractivity contribution in [3.63, 3.8) is 0 Å². The summed E-state index contributed by atoms with van der Waals surface area (Å²) in [5.41, 5.74) is 0. The molecule has 1 aromatic heterocycles. The quantitative estimate of drug-likeness (QED) is 0.710. The van der Waals surface area contributed by atoms with Crippen LogP contribution in [0.4, 0.5) is 0 Å². The van der Waals surface area contributed by atoms with E-state index in [-0.39, 0.29) is 11.9 Å².